The molecule has 0 saturated carbocycles. The normalized spacial score (nSPS) is 17.0. The summed E-state index contributed by atoms with van der Waals surface area (Å²) in [6.07, 6.45) is -4.52. The number of carbonyl (C=O) groups is 1. The summed E-state index contributed by atoms with van der Waals surface area (Å²) in [5.74, 6) is 1.70. The number of aliphatic imine (C=N–C) groups is 1. The third kappa shape index (κ3) is 5.11. The van der Waals surface area contributed by atoms with Crippen molar-refractivity contribution >= 4 is 23.2 Å². The van der Waals surface area contributed by atoms with Crippen LogP contribution in [0.4, 0.5) is 29.3 Å². The number of alkyl halides is 3. The quantitative estimate of drug-likeness (QED) is 0.419. The molecule has 1 unspecified atom stereocenters. The van der Waals surface area contributed by atoms with Crippen LogP contribution in [0.5, 0.6) is 17.2 Å². The molecule has 198 valence electrons. The Morgan fingerprint density at radius 2 is 1.79 bits per heavy atom. The zero-order valence-corrected chi connectivity index (χ0v) is 21.2. The molecule has 5 rings (SSSR count). The molecule has 10 heteroatoms. The number of piperazine rings is 1. The van der Waals surface area contributed by atoms with E-state index in [1.54, 1.807) is 23.1 Å². The first-order chi connectivity index (χ1) is 18.1. The number of methoxy groups -OCH3 is 1. The Bertz CT molecular complexity index is 1390. The van der Waals surface area contributed by atoms with Gasteiger partial charge in [-0.15, -0.1) is 0 Å². The van der Waals surface area contributed by atoms with E-state index in [2.05, 4.69) is 10.3 Å². The van der Waals surface area contributed by atoms with Crippen molar-refractivity contribution in [1.82, 2.24) is 9.80 Å². The topological polar surface area (TPSA) is 66.4 Å². The van der Waals surface area contributed by atoms with Crippen molar-refractivity contribution in [1.29, 1.82) is 0 Å². The number of nitrogens with zero attached hydrogens (tertiary/aromatic N) is 3. The largest absolute Gasteiger partial charge is 0.497 e. The van der Waals surface area contributed by atoms with Crippen molar-refractivity contribution < 1.29 is 27.4 Å². The lowest BCUT2D eigenvalue weighted by molar-refractivity contribution is -0.137. The lowest BCUT2D eigenvalue weighted by atomic mass is 10.1. The maximum atomic E-state index is 13.5. The first-order valence-electron chi connectivity index (χ1n) is 12.2. The van der Waals surface area contributed by atoms with Gasteiger partial charge in [-0.3, -0.25) is 0 Å². The lowest BCUT2D eigenvalue weighted by Crippen LogP contribution is -2.56. The molecule has 1 atom stereocenters. The van der Waals surface area contributed by atoms with E-state index in [0.717, 1.165) is 17.7 Å². The summed E-state index contributed by atoms with van der Waals surface area (Å²) in [5, 5.41) is 2.93. The number of benzene rings is 3. The predicted molar refractivity (Wildman–Crippen MR) is 139 cm³/mol. The maximum Gasteiger partial charge on any atom is 0.416 e. The van der Waals surface area contributed by atoms with Crippen molar-refractivity contribution in [2.45, 2.75) is 26.1 Å². The molecule has 7 nitrogen and oxygen atoms in total. The number of carbonyl (C=O) groups excluding carboxylic acids is 1. The molecular weight excluding hydrogens is 497 g/mol. The number of rotatable bonds is 2. The van der Waals surface area contributed by atoms with Crippen LogP contribution in [0.15, 0.2) is 65.7 Å². The van der Waals surface area contributed by atoms with Crippen LogP contribution < -0.4 is 14.8 Å². The van der Waals surface area contributed by atoms with E-state index in [1.165, 1.54) is 13.2 Å². The molecule has 2 aliphatic rings. The van der Waals surface area contributed by atoms with Crippen molar-refractivity contribution in [3.05, 3.63) is 77.4 Å². The van der Waals surface area contributed by atoms with Gasteiger partial charge in [-0.05, 0) is 62.4 Å². The first kappa shape index (κ1) is 25.4. The standard InChI is InChI=1S/C28H27F3N4O3/c1-17-4-7-20(8-5-17)32-27(36)35-13-12-34(16-18(35)2)26-22-15-21(37-3)9-11-24(22)38-25-10-6-19(28(29,30)31)14-23(25)33-26/h4-11,14-15,18H,12-13,16H2,1-3H3,(H,32,36). The Kier molecular flexibility index (Phi) is 6.64. The van der Waals surface area contributed by atoms with E-state index < -0.39 is 11.7 Å². The highest BCUT2D eigenvalue weighted by Crippen LogP contribution is 2.42. The zero-order valence-electron chi connectivity index (χ0n) is 21.2. The molecule has 1 saturated heterocycles. The molecule has 1 N–H and O–H groups in total. The van der Waals surface area contributed by atoms with Crippen molar-refractivity contribution in [3.8, 4) is 17.2 Å². The van der Waals surface area contributed by atoms with Crippen molar-refractivity contribution in [2.75, 3.05) is 32.1 Å². The van der Waals surface area contributed by atoms with Crippen LogP contribution in [-0.2, 0) is 6.18 Å². The van der Waals surface area contributed by atoms with Gasteiger partial charge in [-0.1, -0.05) is 17.7 Å². The maximum absolute atomic E-state index is 13.5. The van der Waals surface area contributed by atoms with Crippen LogP contribution in [-0.4, -0.2) is 54.5 Å². The molecular formula is C28H27F3N4O3. The summed E-state index contributed by atoms with van der Waals surface area (Å²) in [4.78, 5) is 21.4. The molecule has 0 aliphatic carbocycles. The van der Waals surface area contributed by atoms with Gasteiger partial charge in [0.25, 0.3) is 0 Å². The van der Waals surface area contributed by atoms with E-state index >= 15 is 0 Å². The highest BCUT2D eigenvalue weighted by atomic mass is 19.4. The molecule has 38 heavy (non-hydrogen) atoms. The molecule has 0 radical (unpaired) electrons. The van der Waals surface area contributed by atoms with E-state index in [-0.39, 0.29) is 23.5 Å². The van der Waals surface area contributed by atoms with Gasteiger partial charge in [0.15, 0.2) is 5.75 Å². The van der Waals surface area contributed by atoms with Gasteiger partial charge in [0.05, 0.1) is 18.2 Å². The molecule has 0 bridgehead atoms. The second-order valence-electron chi connectivity index (χ2n) is 9.36. The van der Waals surface area contributed by atoms with Crippen LogP contribution >= 0.6 is 0 Å². The van der Waals surface area contributed by atoms with Crippen LogP contribution in [0.3, 0.4) is 0 Å². The summed E-state index contributed by atoms with van der Waals surface area (Å²) in [6.45, 7) is 5.15. The molecule has 0 spiro atoms. The number of hydrogen-bond acceptors (Lipinski definition) is 5. The third-order valence-electron chi connectivity index (χ3n) is 6.65. The number of fused-ring (bicyclic) bond motifs is 2. The second-order valence-corrected chi connectivity index (χ2v) is 9.36. The van der Waals surface area contributed by atoms with Crippen molar-refractivity contribution in [3.63, 3.8) is 0 Å². The van der Waals surface area contributed by atoms with Crippen LogP contribution in [0.1, 0.15) is 23.6 Å². The smallest absolute Gasteiger partial charge is 0.416 e. The van der Waals surface area contributed by atoms with Crippen LogP contribution in [0.2, 0.25) is 0 Å². The number of nitrogens with one attached hydrogen (secondary N) is 1. The Morgan fingerprint density at radius 1 is 1.05 bits per heavy atom. The Labute approximate surface area is 218 Å². The second kappa shape index (κ2) is 9.92. The van der Waals surface area contributed by atoms with E-state index in [0.29, 0.717) is 48.2 Å². The number of ether oxygens (including phenoxy) is 2. The lowest BCUT2D eigenvalue weighted by Gasteiger charge is -2.41. The number of urea groups is 1. The minimum Gasteiger partial charge on any atom is -0.497 e. The molecule has 3 aromatic rings. The Balaban J connectivity index is 1.45. The molecule has 2 heterocycles. The van der Waals surface area contributed by atoms with E-state index in [9.17, 15) is 18.0 Å². The van der Waals surface area contributed by atoms with Crippen molar-refractivity contribution in [2.24, 2.45) is 4.99 Å². The molecule has 0 aromatic heterocycles. The first-order valence-corrected chi connectivity index (χ1v) is 12.2. The number of halogens is 3. The van der Waals surface area contributed by atoms with Gasteiger partial charge in [0.1, 0.15) is 23.0 Å². The Hall–Kier alpha value is -4.21. The fourth-order valence-corrected chi connectivity index (χ4v) is 4.58. The van der Waals surface area contributed by atoms with E-state index in [4.69, 9.17) is 9.47 Å². The summed E-state index contributed by atoms with van der Waals surface area (Å²) in [6, 6.07) is 15.6. The average Bonchev–Trinajstić information content (AvgIpc) is 3.05. The molecule has 2 amide bonds. The van der Waals surface area contributed by atoms with Gasteiger partial charge < -0.3 is 24.6 Å². The summed E-state index contributed by atoms with van der Waals surface area (Å²) < 4.78 is 51.8. The monoisotopic (exact) mass is 524 g/mol. The minimum absolute atomic E-state index is 0.0807. The zero-order chi connectivity index (χ0) is 27.0. The van der Waals surface area contributed by atoms with Crippen LogP contribution in [0, 0.1) is 6.92 Å². The summed E-state index contributed by atoms with van der Waals surface area (Å²) in [7, 11) is 1.54. The highest BCUT2D eigenvalue weighted by Gasteiger charge is 2.34. The molecule has 3 aromatic carbocycles. The number of anilines is 1. The fourth-order valence-electron chi connectivity index (χ4n) is 4.58. The summed E-state index contributed by atoms with van der Waals surface area (Å²) in [5.41, 5.74) is 1.67. The fraction of sp³-hybridized carbons (Fsp3) is 0.286. The minimum atomic E-state index is -4.52. The van der Waals surface area contributed by atoms with E-state index in [1.807, 2.05) is 43.0 Å². The Morgan fingerprint density at radius 3 is 2.47 bits per heavy atom. The molecule has 1 fully saturated rings. The van der Waals surface area contributed by atoms with Crippen LogP contribution in [0.25, 0.3) is 0 Å². The van der Waals surface area contributed by atoms with Gasteiger partial charge in [-0.25, -0.2) is 9.79 Å². The summed E-state index contributed by atoms with van der Waals surface area (Å²) >= 11 is 0. The number of amidine groups is 1. The van der Waals surface area contributed by atoms with Gasteiger partial charge in [-0.2, -0.15) is 13.2 Å². The molecule has 2 aliphatic heterocycles. The average molecular weight is 525 g/mol. The number of amides is 2. The van der Waals surface area contributed by atoms with Gasteiger partial charge in [0, 0.05) is 31.4 Å². The predicted octanol–water partition coefficient (Wildman–Crippen LogP) is 6.44. The number of hydrogen-bond donors (Lipinski definition) is 1. The highest BCUT2D eigenvalue weighted by molar-refractivity contribution is 6.04. The third-order valence-corrected chi connectivity index (χ3v) is 6.65. The number of aryl methyl sites for hydroxylation is 1. The van der Waals surface area contributed by atoms with Gasteiger partial charge in [0.2, 0.25) is 0 Å². The SMILES string of the molecule is COc1ccc2c(c1)C(N1CCN(C(=O)Nc3ccc(C)cc3)C(C)C1)=Nc1cc(C(F)(F)F)ccc1O2. The van der Waals surface area contributed by atoms with Gasteiger partial charge >= 0.3 is 12.2 Å².